The van der Waals surface area contributed by atoms with Crippen LogP contribution in [0.25, 0.3) is 10.8 Å². The first-order chi connectivity index (χ1) is 10.5. The molecular weight excluding hydrogens is 302 g/mol. The first kappa shape index (κ1) is 14.3. The molecule has 1 amide bonds. The first-order valence-electron chi connectivity index (χ1n) is 6.60. The number of carbonyl (C=O) groups is 1. The van der Waals surface area contributed by atoms with Crippen molar-refractivity contribution in [3.8, 4) is 0 Å². The second kappa shape index (κ2) is 5.61. The summed E-state index contributed by atoms with van der Waals surface area (Å²) in [6.45, 7) is 1.97. The number of fused-ring (bicyclic) bond motifs is 1. The maximum absolute atomic E-state index is 12.3. The Morgan fingerprint density at radius 2 is 1.86 bits per heavy atom. The number of nitrogens with zero attached hydrogens (tertiary/aromatic N) is 1. The highest BCUT2D eigenvalue weighted by Gasteiger charge is 2.10. The third kappa shape index (κ3) is 2.71. The van der Waals surface area contributed by atoms with E-state index in [2.05, 4.69) is 15.5 Å². The van der Waals surface area contributed by atoms with Crippen molar-refractivity contribution in [3.63, 3.8) is 0 Å². The molecule has 2 N–H and O–H groups in total. The molecule has 0 saturated heterocycles. The van der Waals surface area contributed by atoms with Crippen molar-refractivity contribution < 1.29 is 4.79 Å². The highest BCUT2D eigenvalue weighted by atomic mass is 35.5. The van der Waals surface area contributed by atoms with Crippen LogP contribution in [0.4, 0.5) is 5.69 Å². The molecule has 2 aromatic carbocycles. The van der Waals surface area contributed by atoms with Gasteiger partial charge in [-0.1, -0.05) is 35.4 Å². The zero-order valence-corrected chi connectivity index (χ0v) is 12.4. The van der Waals surface area contributed by atoms with Crippen LogP contribution in [0.3, 0.4) is 0 Å². The third-order valence-electron chi connectivity index (χ3n) is 3.31. The van der Waals surface area contributed by atoms with E-state index < -0.39 is 0 Å². The zero-order valence-electron chi connectivity index (χ0n) is 11.7. The number of anilines is 1. The van der Waals surface area contributed by atoms with Crippen molar-refractivity contribution in [1.29, 1.82) is 0 Å². The van der Waals surface area contributed by atoms with Gasteiger partial charge in [-0.15, -0.1) is 0 Å². The molecule has 1 aromatic heterocycles. The van der Waals surface area contributed by atoms with E-state index in [1.165, 1.54) is 6.07 Å². The summed E-state index contributed by atoms with van der Waals surface area (Å²) >= 11 is 5.92. The third-order valence-corrected chi connectivity index (χ3v) is 3.60. The van der Waals surface area contributed by atoms with Gasteiger partial charge in [0.2, 0.25) is 0 Å². The van der Waals surface area contributed by atoms with Gasteiger partial charge >= 0.3 is 0 Å². The number of hydrogen-bond donors (Lipinski definition) is 2. The average molecular weight is 314 g/mol. The van der Waals surface area contributed by atoms with E-state index in [-0.39, 0.29) is 16.6 Å². The fourth-order valence-corrected chi connectivity index (χ4v) is 2.32. The molecule has 0 saturated carbocycles. The van der Waals surface area contributed by atoms with E-state index in [0.717, 1.165) is 5.56 Å². The highest BCUT2D eigenvalue weighted by molar-refractivity contribution is 6.34. The van der Waals surface area contributed by atoms with E-state index in [1.807, 2.05) is 31.2 Å². The Hall–Kier alpha value is -2.66. The summed E-state index contributed by atoms with van der Waals surface area (Å²) in [5.74, 6) is -0.293. The van der Waals surface area contributed by atoms with Crippen LogP contribution in [0, 0.1) is 6.92 Å². The molecule has 0 bridgehead atoms. The average Bonchev–Trinajstić information content (AvgIpc) is 2.53. The summed E-state index contributed by atoms with van der Waals surface area (Å²) in [5, 5.41) is 9.80. The lowest BCUT2D eigenvalue weighted by Crippen LogP contribution is -2.14. The van der Waals surface area contributed by atoms with Crippen molar-refractivity contribution in [1.82, 2.24) is 10.2 Å². The molecule has 0 aliphatic carbocycles. The number of benzene rings is 2. The standard InChI is InChI=1S/C16H12ClN3O2/c1-9-2-5-11(6-3-9)18-15(21)10-4-7-12-13(8-10)16(22)20-19-14(12)17/h2-8H,1H3,(H,18,21)(H,20,22). The van der Waals surface area contributed by atoms with Crippen LogP contribution in [0.1, 0.15) is 15.9 Å². The quantitative estimate of drug-likeness (QED) is 0.763. The summed E-state index contributed by atoms with van der Waals surface area (Å²) in [6, 6.07) is 12.2. The molecule has 0 spiro atoms. The van der Waals surface area contributed by atoms with Crippen molar-refractivity contribution in [3.05, 3.63) is 69.1 Å². The maximum atomic E-state index is 12.3. The fourth-order valence-electron chi connectivity index (χ4n) is 2.11. The second-order valence-corrected chi connectivity index (χ2v) is 5.28. The summed E-state index contributed by atoms with van der Waals surface area (Å²) < 4.78 is 0. The zero-order chi connectivity index (χ0) is 15.7. The number of rotatable bonds is 2. The number of aryl methyl sites for hydroxylation is 1. The number of nitrogens with one attached hydrogen (secondary N) is 2. The molecule has 0 fully saturated rings. The Labute approximate surface area is 130 Å². The van der Waals surface area contributed by atoms with Gasteiger partial charge in [0, 0.05) is 16.6 Å². The van der Waals surface area contributed by atoms with Gasteiger partial charge in [-0.05, 0) is 31.2 Å². The predicted molar refractivity (Wildman–Crippen MR) is 86.5 cm³/mol. The number of carbonyl (C=O) groups excluding carboxylic acids is 1. The fraction of sp³-hybridized carbons (Fsp3) is 0.0625. The summed E-state index contributed by atoms with van der Waals surface area (Å²) in [5.41, 5.74) is 1.79. The van der Waals surface area contributed by atoms with Gasteiger partial charge < -0.3 is 5.32 Å². The highest BCUT2D eigenvalue weighted by Crippen LogP contribution is 2.19. The summed E-state index contributed by atoms with van der Waals surface area (Å²) in [7, 11) is 0. The molecule has 0 aliphatic rings. The van der Waals surface area contributed by atoms with Crippen LogP contribution in [0.5, 0.6) is 0 Å². The Kier molecular flexibility index (Phi) is 3.65. The van der Waals surface area contributed by atoms with Gasteiger partial charge in [0.1, 0.15) is 0 Å². The Morgan fingerprint density at radius 3 is 2.59 bits per heavy atom. The number of H-pyrrole nitrogens is 1. The molecule has 6 heteroatoms. The Balaban J connectivity index is 1.96. The number of halogens is 1. The predicted octanol–water partition coefficient (Wildman–Crippen LogP) is 3.14. The lowest BCUT2D eigenvalue weighted by Gasteiger charge is -2.06. The molecule has 1 heterocycles. The van der Waals surface area contributed by atoms with E-state index >= 15 is 0 Å². The number of amides is 1. The number of hydrogen-bond acceptors (Lipinski definition) is 3. The van der Waals surface area contributed by atoms with E-state index in [0.29, 0.717) is 22.0 Å². The van der Waals surface area contributed by atoms with E-state index in [9.17, 15) is 9.59 Å². The topological polar surface area (TPSA) is 74.8 Å². The first-order valence-corrected chi connectivity index (χ1v) is 6.98. The molecular formula is C16H12ClN3O2. The molecule has 3 aromatic rings. The number of aromatic amines is 1. The van der Waals surface area contributed by atoms with E-state index in [1.54, 1.807) is 12.1 Å². The summed E-state index contributed by atoms with van der Waals surface area (Å²) in [6.07, 6.45) is 0. The minimum absolute atomic E-state index is 0.195. The minimum atomic E-state index is -0.385. The molecule has 3 rings (SSSR count). The molecule has 0 atom stereocenters. The molecule has 22 heavy (non-hydrogen) atoms. The Bertz CT molecular complexity index is 917. The van der Waals surface area contributed by atoms with E-state index in [4.69, 9.17) is 11.6 Å². The minimum Gasteiger partial charge on any atom is -0.322 e. The van der Waals surface area contributed by atoms with Gasteiger partial charge in [0.15, 0.2) is 5.15 Å². The van der Waals surface area contributed by atoms with Crippen molar-refractivity contribution in [2.45, 2.75) is 6.92 Å². The van der Waals surface area contributed by atoms with Crippen molar-refractivity contribution in [2.75, 3.05) is 5.32 Å². The largest absolute Gasteiger partial charge is 0.322 e. The molecule has 0 radical (unpaired) electrons. The van der Waals surface area contributed by atoms with Crippen LogP contribution >= 0.6 is 11.6 Å². The number of aromatic nitrogens is 2. The molecule has 110 valence electrons. The maximum Gasteiger partial charge on any atom is 0.272 e. The van der Waals surface area contributed by atoms with Crippen LogP contribution in [0.15, 0.2) is 47.3 Å². The SMILES string of the molecule is Cc1ccc(NC(=O)c2ccc3c(Cl)n[nH]c(=O)c3c2)cc1. The molecule has 5 nitrogen and oxygen atoms in total. The van der Waals surface area contributed by atoms with Gasteiger partial charge in [0.05, 0.1) is 5.39 Å². The smallest absolute Gasteiger partial charge is 0.272 e. The van der Waals surface area contributed by atoms with Gasteiger partial charge in [-0.3, -0.25) is 9.59 Å². The van der Waals surface area contributed by atoms with Crippen LogP contribution in [0.2, 0.25) is 5.15 Å². The van der Waals surface area contributed by atoms with Gasteiger partial charge in [-0.2, -0.15) is 5.10 Å². The van der Waals surface area contributed by atoms with Crippen molar-refractivity contribution in [2.24, 2.45) is 0 Å². The second-order valence-electron chi connectivity index (χ2n) is 4.92. The Morgan fingerprint density at radius 1 is 1.14 bits per heavy atom. The molecule has 0 aliphatic heterocycles. The van der Waals surface area contributed by atoms with Crippen LogP contribution in [-0.4, -0.2) is 16.1 Å². The van der Waals surface area contributed by atoms with Crippen LogP contribution in [-0.2, 0) is 0 Å². The van der Waals surface area contributed by atoms with Crippen molar-refractivity contribution >= 4 is 34.0 Å². The monoisotopic (exact) mass is 313 g/mol. The lowest BCUT2D eigenvalue weighted by atomic mass is 10.1. The van der Waals surface area contributed by atoms with Crippen LogP contribution < -0.4 is 10.9 Å². The van der Waals surface area contributed by atoms with Gasteiger partial charge in [-0.25, -0.2) is 5.10 Å². The molecule has 0 unspecified atom stereocenters. The normalized spacial score (nSPS) is 10.6. The summed E-state index contributed by atoms with van der Waals surface area (Å²) in [4.78, 5) is 24.1. The lowest BCUT2D eigenvalue weighted by molar-refractivity contribution is 0.102. The van der Waals surface area contributed by atoms with Gasteiger partial charge in [0.25, 0.3) is 11.5 Å².